The number of alkyl halides is 2. The van der Waals surface area contributed by atoms with Gasteiger partial charge in [0.05, 0.1) is 0 Å². The highest BCUT2D eigenvalue weighted by Crippen LogP contribution is 2.43. The number of nitrogens with zero attached hydrogens (tertiary/aromatic N) is 5. The number of fused-ring (bicyclic) bond motifs is 3. The van der Waals surface area contributed by atoms with Gasteiger partial charge in [-0.05, 0) is 62.3 Å². The standard InChI is InChI=1S/C21H20F3N5O/c1-11-8-17(18(23)24)29-21(25-11)26-19(27-29)20(30)28-15-6-7-16(28)10-13(9-15)12-2-4-14(22)5-3-12/h2-5,8,13,15-16,18H,6-7,9-10H2,1H3/t15-,16-/m0/s1. The number of hydrogen-bond acceptors (Lipinski definition) is 4. The lowest BCUT2D eigenvalue weighted by atomic mass is 9.85. The predicted molar refractivity (Wildman–Crippen MR) is 102 cm³/mol. The van der Waals surface area contributed by atoms with Crippen LogP contribution in [0.2, 0.25) is 0 Å². The molecule has 2 aliphatic rings. The number of carbonyl (C=O) groups excluding carboxylic acids is 1. The van der Waals surface area contributed by atoms with E-state index in [9.17, 15) is 18.0 Å². The monoisotopic (exact) mass is 415 g/mol. The van der Waals surface area contributed by atoms with Crippen LogP contribution in [0.5, 0.6) is 0 Å². The summed E-state index contributed by atoms with van der Waals surface area (Å²) in [4.78, 5) is 23.3. The lowest BCUT2D eigenvalue weighted by Crippen LogP contribution is -2.46. The molecule has 1 aromatic carbocycles. The zero-order valence-corrected chi connectivity index (χ0v) is 16.3. The summed E-state index contributed by atoms with van der Waals surface area (Å²) in [5, 5.41) is 4.06. The van der Waals surface area contributed by atoms with Crippen LogP contribution in [-0.2, 0) is 0 Å². The predicted octanol–water partition coefficient (Wildman–Crippen LogP) is 4.06. The van der Waals surface area contributed by atoms with E-state index in [1.54, 1.807) is 19.1 Å². The second-order valence-corrected chi connectivity index (χ2v) is 8.09. The van der Waals surface area contributed by atoms with Crippen molar-refractivity contribution in [1.82, 2.24) is 24.5 Å². The van der Waals surface area contributed by atoms with E-state index in [1.165, 1.54) is 18.2 Å². The van der Waals surface area contributed by atoms with Crippen LogP contribution < -0.4 is 0 Å². The normalized spacial score (nSPS) is 23.5. The van der Waals surface area contributed by atoms with Gasteiger partial charge in [0.2, 0.25) is 5.82 Å². The Morgan fingerprint density at radius 3 is 2.40 bits per heavy atom. The molecule has 0 radical (unpaired) electrons. The molecular formula is C21H20F3N5O. The Bertz CT molecular complexity index is 1100. The minimum atomic E-state index is -2.75. The summed E-state index contributed by atoms with van der Waals surface area (Å²) in [7, 11) is 0. The molecule has 6 nitrogen and oxygen atoms in total. The highest BCUT2D eigenvalue weighted by molar-refractivity contribution is 5.91. The molecule has 0 spiro atoms. The van der Waals surface area contributed by atoms with Crippen molar-refractivity contribution in [2.45, 2.75) is 57.0 Å². The lowest BCUT2D eigenvalue weighted by Gasteiger charge is -2.38. The minimum absolute atomic E-state index is 0.00203. The number of aromatic nitrogens is 4. The van der Waals surface area contributed by atoms with E-state index < -0.39 is 6.43 Å². The topological polar surface area (TPSA) is 63.4 Å². The van der Waals surface area contributed by atoms with E-state index in [2.05, 4.69) is 15.1 Å². The number of amides is 1. The Labute approximate surface area is 170 Å². The van der Waals surface area contributed by atoms with Crippen LogP contribution in [0.1, 0.15) is 65.6 Å². The maximum Gasteiger partial charge on any atom is 0.294 e. The van der Waals surface area contributed by atoms with Gasteiger partial charge in [0.25, 0.3) is 18.1 Å². The molecule has 0 unspecified atom stereocenters. The first kappa shape index (κ1) is 19.0. The second-order valence-electron chi connectivity index (χ2n) is 8.09. The number of benzene rings is 1. The molecule has 2 aromatic heterocycles. The molecule has 2 aliphatic heterocycles. The third-order valence-corrected chi connectivity index (χ3v) is 6.19. The van der Waals surface area contributed by atoms with Gasteiger partial charge in [-0.2, -0.15) is 9.50 Å². The van der Waals surface area contributed by atoms with Crippen LogP contribution >= 0.6 is 0 Å². The molecule has 9 heteroatoms. The number of rotatable bonds is 3. The molecular weight excluding hydrogens is 395 g/mol. The van der Waals surface area contributed by atoms with Gasteiger partial charge in [-0.25, -0.2) is 18.2 Å². The summed E-state index contributed by atoms with van der Waals surface area (Å²) in [6, 6.07) is 7.85. The fourth-order valence-corrected chi connectivity index (χ4v) is 4.89. The van der Waals surface area contributed by atoms with Crippen LogP contribution in [-0.4, -0.2) is 42.5 Å². The number of carbonyl (C=O) groups is 1. The summed E-state index contributed by atoms with van der Waals surface area (Å²) >= 11 is 0. The van der Waals surface area contributed by atoms with Gasteiger partial charge in [0.1, 0.15) is 11.5 Å². The fraction of sp³-hybridized carbons (Fsp3) is 0.429. The largest absolute Gasteiger partial charge is 0.330 e. The van der Waals surface area contributed by atoms with E-state index in [0.29, 0.717) is 5.69 Å². The first-order valence-corrected chi connectivity index (χ1v) is 10.0. The maximum absolute atomic E-state index is 13.4. The van der Waals surface area contributed by atoms with Gasteiger partial charge < -0.3 is 4.90 Å². The molecule has 0 aliphatic carbocycles. The SMILES string of the molecule is Cc1cc(C(F)F)n2nc(C(=O)N3[C@H]4CC[C@H]3CC(c3ccc(F)cc3)C4)nc2n1. The van der Waals surface area contributed by atoms with Crippen molar-refractivity contribution in [2.75, 3.05) is 0 Å². The summed E-state index contributed by atoms with van der Waals surface area (Å²) in [6.45, 7) is 1.60. The Hall–Kier alpha value is -2.97. The number of hydrogen-bond donors (Lipinski definition) is 0. The summed E-state index contributed by atoms with van der Waals surface area (Å²) in [5.41, 5.74) is 1.14. The molecule has 1 amide bonds. The number of halogens is 3. The first-order chi connectivity index (χ1) is 14.4. The van der Waals surface area contributed by atoms with E-state index in [4.69, 9.17) is 0 Å². The molecule has 30 heavy (non-hydrogen) atoms. The van der Waals surface area contributed by atoms with Crippen molar-refractivity contribution in [3.05, 3.63) is 58.9 Å². The highest BCUT2D eigenvalue weighted by atomic mass is 19.3. The van der Waals surface area contributed by atoms with E-state index in [1.807, 2.05) is 4.90 Å². The van der Waals surface area contributed by atoms with Crippen molar-refractivity contribution in [3.8, 4) is 0 Å². The molecule has 0 N–H and O–H groups in total. The van der Waals surface area contributed by atoms with Gasteiger partial charge in [-0.15, -0.1) is 5.10 Å². The van der Waals surface area contributed by atoms with Gasteiger partial charge in [0.15, 0.2) is 0 Å². The van der Waals surface area contributed by atoms with Crippen molar-refractivity contribution in [3.63, 3.8) is 0 Å². The Kier molecular flexibility index (Phi) is 4.48. The van der Waals surface area contributed by atoms with Crippen LogP contribution in [0.4, 0.5) is 13.2 Å². The average molecular weight is 415 g/mol. The zero-order chi connectivity index (χ0) is 21.0. The Morgan fingerprint density at radius 2 is 1.77 bits per heavy atom. The quantitative estimate of drug-likeness (QED) is 0.647. The Balaban J connectivity index is 1.42. The van der Waals surface area contributed by atoms with Gasteiger partial charge in [-0.3, -0.25) is 4.79 Å². The molecule has 156 valence electrons. The Morgan fingerprint density at radius 1 is 1.10 bits per heavy atom. The summed E-state index contributed by atoms with van der Waals surface area (Å²) in [6.07, 6.45) is 0.561. The number of aryl methyl sites for hydroxylation is 1. The van der Waals surface area contributed by atoms with Gasteiger partial charge in [-0.1, -0.05) is 12.1 Å². The van der Waals surface area contributed by atoms with Crippen molar-refractivity contribution in [1.29, 1.82) is 0 Å². The van der Waals surface area contributed by atoms with Crippen LogP contribution in [0, 0.1) is 12.7 Å². The molecule has 2 atom stereocenters. The second kappa shape index (κ2) is 7.07. The smallest absolute Gasteiger partial charge is 0.294 e. The zero-order valence-electron chi connectivity index (χ0n) is 16.3. The van der Waals surface area contributed by atoms with Crippen LogP contribution in [0.3, 0.4) is 0 Å². The van der Waals surface area contributed by atoms with Crippen LogP contribution in [0.15, 0.2) is 30.3 Å². The average Bonchev–Trinajstić information content (AvgIpc) is 3.25. The molecule has 2 fully saturated rings. The van der Waals surface area contributed by atoms with Crippen molar-refractivity contribution >= 4 is 11.7 Å². The van der Waals surface area contributed by atoms with E-state index in [-0.39, 0.29) is 47.0 Å². The molecule has 5 rings (SSSR count). The first-order valence-electron chi connectivity index (χ1n) is 10.0. The fourth-order valence-electron chi connectivity index (χ4n) is 4.89. The van der Waals surface area contributed by atoms with Crippen molar-refractivity contribution in [2.24, 2.45) is 0 Å². The number of piperidine rings is 1. The summed E-state index contributed by atoms with van der Waals surface area (Å²) in [5.74, 6) is -0.451. The van der Waals surface area contributed by atoms with Crippen LogP contribution in [0.25, 0.3) is 5.78 Å². The minimum Gasteiger partial charge on any atom is -0.330 e. The molecule has 2 saturated heterocycles. The lowest BCUT2D eigenvalue weighted by molar-refractivity contribution is 0.0558. The van der Waals surface area contributed by atoms with E-state index in [0.717, 1.165) is 35.8 Å². The van der Waals surface area contributed by atoms with Gasteiger partial charge >= 0.3 is 0 Å². The third-order valence-electron chi connectivity index (χ3n) is 6.19. The molecule has 0 saturated carbocycles. The third kappa shape index (κ3) is 3.12. The highest BCUT2D eigenvalue weighted by Gasteiger charge is 2.44. The van der Waals surface area contributed by atoms with Crippen molar-refractivity contribution < 1.29 is 18.0 Å². The maximum atomic E-state index is 13.4. The molecule has 3 aromatic rings. The summed E-state index contributed by atoms with van der Waals surface area (Å²) < 4.78 is 40.9. The van der Waals surface area contributed by atoms with Gasteiger partial charge in [0, 0.05) is 17.8 Å². The molecule has 4 heterocycles. The van der Waals surface area contributed by atoms with E-state index >= 15 is 0 Å². The molecule has 2 bridgehead atoms.